The van der Waals surface area contributed by atoms with Gasteiger partial charge < -0.3 is 4.74 Å². The maximum atomic E-state index is 13.3. The molecule has 0 bridgehead atoms. The number of rotatable bonds is 4. The zero-order chi connectivity index (χ0) is 13.1. The molecule has 0 N–H and O–H groups in total. The first-order valence-corrected chi connectivity index (χ1v) is 5.56. The van der Waals surface area contributed by atoms with E-state index in [0.717, 1.165) is 6.29 Å². The van der Waals surface area contributed by atoms with Gasteiger partial charge in [0.25, 0.3) is 0 Å². The molecule has 4 nitrogen and oxygen atoms in total. The lowest BCUT2D eigenvalue weighted by Gasteiger charge is -2.04. The highest BCUT2D eigenvalue weighted by molar-refractivity contribution is 5.85. The first-order chi connectivity index (χ1) is 8.69. The first-order valence-electron chi connectivity index (χ1n) is 5.56. The van der Waals surface area contributed by atoms with Crippen molar-refractivity contribution in [2.45, 2.75) is 13.5 Å². The highest BCUT2D eigenvalue weighted by Gasteiger charge is 2.12. The second kappa shape index (κ2) is 5.00. The second-order valence-electron chi connectivity index (χ2n) is 3.76. The molecule has 2 rings (SSSR count). The topological polar surface area (TPSA) is 44.1 Å². The van der Waals surface area contributed by atoms with Crippen LogP contribution in [0.3, 0.4) is 0 Å². The van der Waals surface area contributed by atoms with E-state index >= 15 is 0 Å². The third kappa shape index (κ3) is 2.11. The van der Waals surface area contributed by atoms with Crippen LogP contribution in [0.5, 0.6) is 5.75 Å². The number of aryl methyl sites for hydroxylation is 1. The number of aromatic nitrogens is 2. The van der Waals surface area contributed by atoms with E-state index in [1.54, 1.807) is 16.9 Å². The average Bonchev–Trinajstić information content (AvgIpc) is 2.82. The molecule has 0 saturated heterocycles. The van der Waals surface area contributed by atoms with Crippen molar-refractivity contribution in [1.29, 1.82) is 0 Å². The lowest BCUT2D eigenvalue weighted by atomic mass is 10.1. The Kier molecular flexibility index (Phi) is 3.41. The van der Waals surface area contributed by atoms with Crippen LogP contribution < -0.4 is 4.74 Å². The molecule has 0 aliphatic rings. The van der Waals surface area contributed by atoms with Gasteiger partial charge >= 0.3 is 0 Å². The Labute approximate surface area is 104 Å². The fourth-order valence-corrected chi connectivity index (χ4v) is 1.72. The number of aldehydes is 1. The molecule has 1 heterocycles. The van der Waals surface area contributed by atoms with Crippen molar-refractivity contribution in [3.05, 3.63) is 35.8 Å². The monoisotopic (exact) mass is 248 g/mol. The molecule has 0 radical (unpaired) electrons. The van der Waals surface area contributed by atoms with Gasteiger partial charge in [-0.1, -0.05) is 0 Å². The summed E-state index contributed by atoms with van der Waals surface area (Å²) < 4.78 is 19.9. The number of ether oxygens (including phenoxy) is 1. The smallest absolute Gasteiger partial charge is 0.165 e. The van der Waals surface area contributed by atoms with Crippen LogP contribution in [0.1, 0.15) is 17.3 Å². The van der Waals surface area contributed by atoms with E-state index in [9.17, 15) is 9.18 Å². The summed E-state index contributed by atoms with van der Waals surface area (Å²) >= 11 is 0. The average molecular weight is 248 g/mol. The molecule has 0 aliphatic carbocycles. The fourth-order valence-electron chi connectivity index (χ4n) is 1.72. The minimum absolute atomic E-state index is 0.135. The van der Waals surface area contributed by atoms with Gasteiger partial charge in [0.15, 0.2) is 17.9 Å². The Balaban J connectivity index is 2.53. The van der Waals surface area contributed by atoms with Crippen LogP contribution >= 0.6 is 0 Å². The summed E-state index contributed by atoms with van der Waals surface area (Å²) in [6, 6.07) is 4.41. The summed E-state index contributed by atoms with van der Waals surface area (Å²) in [5.41, 5.74) is 1.67. The summed E-state index contributed by atoms with van der Waals surface area (Å²) in [6.07, 6.45) is 2.41. The molecule has 18 heavy (non-hydrogen) atoms. The molecule has 0 amide bonds. The standard InChI is InChI=1S/C13H13FN2O2/c1-3-16-7-10(8-17)13(15-16)9-4-5-11(14)12(6-9)18-2/h4-8H,3H2,1-2H3. The van der Waals surface area contributed by atoms with Crippen molar-refractivity contribution in [2.75, 3.05) is 7.11 Å². The maximum Gasteiger partial charge on any atom is 0.165 e. The van der Waals surface area contributed by atoms with Gasteiger partial charge in [0.2, 0.25) is 0 Å². The summed E-state index contributed by atoms with van der Waals surface area (Å²) in [7, 11) is 1.40. The number of benzene rings is 1. The van der Waals surface area contributed by atoms with E-state index in [1.807, 2.05) is 6.92 Å². The third-order valence-corrected chi connectivity index (χ3v) is 2.67. The van der Waals surface area contributed by atoms with E-state index in [4.69, 9.17) is 4.74 Å². The minimum Gasteiger partial charge on any atom is -0.494 e. The SMILES string of the molecule is CCn1cc(C=O)c(-c2ccc(F)c(OC)c2)n1. The first kappa shape index (κ1) is 12.3. The number of hydrogen-bond donors (Lipinski definition) is 0. The van der Waals surface area contributed by atoms with Crippen LogP contribution in [-0.2, 0) is 6.54 Å². The van der Waals surface area contributed by atoms with Gasteiger partial charge in [0.05, 0.1) is 12.7 Å². The maximum absolute atomic E-state index is 13.3. The van der Waals surface area contributed by atoms with Gasteiger partial charge in [0, 0.05) is 18.3 Å². The molecule has 94 valence electrons. The number of carbonyl (C=O) groups is 1. The van der Waals surface area contributed by atoms with Gasteiger partial charge in [0.1, 0.15) is 5.69 Å². The van der Waals surface area contributed by atoms with Crippen molar-refractivity contribution in [2.24, 2.45) is 0 Å². The van der Waals surface area contributed by atoms with Gasteiger partial charge in [-0.05, 0) is 25.1 Å². The second-order valence-corrected chi connectivity index (χ2v) is 3.76. The van der Waals surface area contributed by atoms with Crippen molar-refractivity contribution in [3.63, 3.8) is 0 Å². The molecule has 5 heteroatoms. The van der Waals surface area contributed by atoms with Gasteiger partial charge in [-0.3, -0.25) is 9.48 Å². The van der Waals surface area contributed by atoms with Crippen molar-refractivity contribution in [1.82, 2.24) is 9.78 Å². The Bertz CT molecular complexity index is 578. The zero-order valence-corrected chi connectivity index (χ0v) is 10.2. The summed E-state index contributed by atoms with van der Waals surface area (Å²) in [5.74, 6) is -0.306. The molecular weight excluding hydrogens is 235 g/mol. The molecule has 1 aromatic carbocycles. The minimum atomic E-state index is -0.441. The predicted octanol–water partition coefficient (Wildman–Crippen LogP) is 2.53. The Hall–Kier alpha value is -2.17. The Morgan fingerprint density at radius 2 is 2.28 bits per heavy atom. The van der Waals surface area contributed by atoms with E-state index in [1.165, 1.54) is 19.2 Å². The van der Waals surface area contributed by atoms with Crippen LogP contribution in [0.25, 0.3) is 11.3 Å². The van der Waals surface area contributed by atoms with Crippen LogP contribution in [0.4, 0.5) is 4.39 Å². The third-order valence-electron chi connectivity index (χ3n) is 2.67. The summed E-state index contributed by atoms with van der Waals surface area (Å²) in [4.78, 5) is 11.0. The summed E-state index contributed by atoms with van der Waals surface area (Å²) in [6.45, 7) is 2.59. The lowest BCUT2D eigenvalue weighted by molar-refractivity contribution is 0.112. The van der Waals surface area contributed by atoms with E-state index in [2.05, 4.69) is 5.10 Å². The Morgan fingerprint density at radius 3 is 2.89 bits per heavy atom. The Morgan fingerprint density at radius 1 is 1.50 bits per heavy atom. The molecule has 0 spiro atoms. The molecule has 0 aliphatic heterocycles. The van der Waals surface area contributed by atoms with Crippen molar-refractivity contribution in [3.8, 4) is 17.0 Å². The number of nitrogens with zero attached hydrogens (tertiary/aromatic N) is 2. The number of halogens is 1. The van der Waals surface area contributed by atoms with E-state index < -0.39 is 5.82 Å². The van der Waals surface area contributed by atoms with Crippen LogP contribution in [0.2, 0.25) is 0 Å². The largest absolute Gasteiger partial charge is 0.494 e. The van der Waals surface area contributed by atoms with E-state index in [0.29, 0.717) is 23.4 Å². The van der Waals surface area contributed by atoms with Gasteiger partial charge in [-0.25, -0.2) is 4.39 Å². The van der Waals surface area contributed by atoms with Gasteiger partial charge in [-0.15, -0.1) is 0 Å². The van der Waals surface area contributed by atoms with Crippen molar-refractivity contribution >= 4 is 6.29 Å². The zero-order valence-electron chi connectivity index (χ0n) is 10.2. The quantitative estimate of drug-likeness (QED) is 0.781. The highest BCUT2D eigenvalue weighted by atomic mass is 19.1. The number of methoxy groups -OCH3 is 1. The molecular formula is C13H13FN2O2. The summed E-state index contributed by atoms with van der Waals surface area (Å²) in [5, 5.41) is 4.28. The van der Waals surface area contributed by atoms with Gasteiger partial charge in [-0.2, -0.15) is 5.10 Å². The molecule has 0 atom stereocenters. The van der Waals surface area contributed by atoms with E-state index in [-0.39, 0.29) is 5.75 Å². The molecule has 2 aromatic rings. The number of carbonyl (C=O) groups excluding carboxylic acids is 1. The van der Waals surface area contributed by atoms with Crippen LogP contribution in [0.15, 0.2) is 24.4 Å². The molecule has 0 saturated carbocycles. The van der Waals surface area contributed by atoms with Crippen LogP contribution in [-0.4, -0.2) is 23.2 Å². The molecule has 1 aromatic heterocycles. The fraction of sp³-hybridized carbons (Fsp3) is 0.231. The normalized spacial score (nSPS) is 10.4. The highest BCUT2D eigenvalue weighted by Crippen LogP contribution is 2.27. The number of hydrogen-bond acceptors (Lipinski definition) is 3. The molecule has 0 unspecified atom stereocenters. The predicted molar refractivity (Wildman–Crippen MR) is 65.2 cm³/mol. The van der Waals surface area contributed by atoms with Crippen LogP contribution in [0, 0.1) is 5.82 Å². The lowest BCUT2D eigenvalue weighted by Crippen LogP contribution is -1.94. The molecule has 0 fully saturated rings. The van der Waals surface area contributed by atoms with Crippen molar-refractivity contribution < 1.29 is 13.9 Å².